The van der Waals surface area contributed by atoms with Gasteiger partial charge in [0.15, 0.2) is 23.0 Å². The number of anilines is 3. The lowest BCUT2D eigenvalue weighted by molar-refractivity contribution is 0.0910. The van der Waals surface area contributed by atoms with Crippen LogP contribution in [0, 0.1) is 5.92 Å². The predicted molar refractivity (Wildman–Crippen MR) is 132 cm³/mol. The van der Waals surface area contributed by atoms with Crippen LogP contribution < -0.4 is 15.5 Å². The molecule has 10 heteroatoms. The predicted octanol–water partition coefficient (Wildman–Crippen LogP) is 3.72. The number of ether oxygens (including phenoxy) is 1. The van der Waals surface area contributed by atoms with E-state index in [1.54, 1.807) is 6.07 Å². The summed E-state index contributed by atoms with van der Waals surface area (Å²) < 4.78 is 11.5. The quantitative estimate of drug-likeness (QED) is 0.371. The molecule has 1 aliphatic heterocycles. The molecule has 180 valence electrons. The van der Waals surface area contributed by atoms with Crippen molar-refractivity contribution in [3.8, 4) is 11.3 Å². The maximum Gasteiger partial charge on any atom is 0.287 e. The van der Waals surface area contributed by atoms with Crippen molar-refractivity contribution in [3.05, 3.63) is 48.2 Å². The lowest BCUT2D eigenvalue weighted by atomic mass is 10.2. The standard InChI is InChI=1S/C25H27N7O3/c1-15(16-7-8-16)26-24(33)20-13-19-22(35-20)23(32-9-11-34-12-10-32)29-25(27-19)28-21-14-18(30-31-21)17-5-3-2-4-6-17/h2-6,13-16H,7-12H2,1H3,(H,26,33)(H2,27,28,29,30,31). The number of aromatic amines is 1. The molecule has 1 aromatic carbocycles. The Hall–Kier alpha value is -3.92. The zero-order chi connectivity index (χ0) is 23.8. The Balaban J connectivity index is 1.31. The van der Waals surface area contributed by atoms with E-state index in [1.165, 1.54) is 0 Å². The molecule has 35 heavy (non-hydrogen) atoms. The first kappa shape index (κ1) is 21.6. The fourth-order valence-corrected chi connectivity index (χ4v) is 4.33. The van der Waals surface area contributed by atoms with Crippen LogP contribution in [0.15, 0.2) is 46.9 Å². The summed E-state index contributed by atoms with van der Waals surface area (Å²) in [6.45, 7) is 4.58. The van der Waals surface area contributed by atoms with E-state index in [0.29, 0.717) is 60.9 Å². The Labute approximate surface area is 202 Å². The van der Waals surface area contributed by atoms with Crippen molar-refractivity contribution in [2.75, 3.05) is 36.5 Å². The van der Waals surface area contributed by atoms with Crippen molar-refractivity contribution in [2.45, 2.75) is 25.8 Å². The maximum absolute atomic E-state index is 12.8. The molecule has 2 aliphatic rings. The Bertz CT molecular complexity index is 1340. The summed E-state index contributed by atoms with van der Waals surface area (Å²) in [6, 6.07) is 13.7. The van der Waals surface area contributed by atoms with Gasteiger partial charge in [-0.15, -0.1) is 0 Å². The molecule has 6 rings (SSSR count). The maximum atomic E-state index is 12.8. The first-order chi connectivity index (χ1) is 17.1. The highest BCUT2D eigenvalue weighted by atomic mass is 16.5. The van der Waals surface area contributed by atoms with E-state index in [9.17, 15) is 4.79 Å². The van der Waals surface area contributed by atoms with E-state index in [2.05, 4.69) is 30.7 Å². The minimum absolute atomic E-state index is 0.121. The molecule has 0 radical (unpaired) electrons. The van der Waals surface area contributed by atoms with Gasteiger partial charge in [-0.3, -0.25) is 9.89 Å². The van der Waals surface area contributed by atoms with Crippen LogP contribution in [-0.2, 0) is 4.74 Å². The monoisotopic (exact) mass is 473 g/mol. The van der Waals surface area contributed by atoms with Gasteiger partial charge in [0.05, 0.1) is 18.9 Å². The fraction of sp³-hybridized carbons (Fsp3) is 0.360. The third-order valence-corrected chi connectivity index (χ3v) is 6.48. The second-order valence-corrected chi connectivity index (χ2v) is 9.05. The average molecular weight is 474 g/mol. The van der Waals surface area contributed by atoms with Crippen LogP contribution in [0.4, 0.5) is 17.6 Å². The first-order valence-corrected chi connectivity index (χ1v) is 12.0. The number of carbonyl (C=O) groups excluding carboxylic acids is 1. The second-order valence-electron chi connectivity index (χ2n) is 9.05. The molecule has 1 amide bonds. The largest absolute Gasteiger partial charge is 0.445 e. The normalized spacial score (nSPS) is 16.9. The summed E-state index contributed by atoms with van der Waals surface area (Å²) in [7, 11) is 0. The Kier molecular flexibility index (Phi) is 5.57. The molecule has 3 aromatic heterocycles. The van der Waals surface area contributed by atoms with E-state index in [1.807, 2.05) is 43.3 Å². The molecular formula is C25H27N7O3. The summed E-state index contributed by atoms with van der Waals surface area (Å²) in [6.07, 6.45) is 2.31. The number of hydrogen-bond acceptors (Lipinski definition) is 8. The smallest absolute Gasteiger partial charge is 0.287 e. The highest BCUT2D eigenvalue weighted by Gasteiger charge is 2.30. The molecule has 3 N–H and O–H groups in total. The van der Waals surface area contributed by atoms with Gasteiger partial charge in [0.2, 0.25) is 5.95 Å². The molecule has 4 heterocycles. The van der Waals surface area contributed by atoms with Gasteiger partial charge in [-0.1, -0.05) is 30.3 Å². The number of aromatic nitrogens is 4. The molecule has 1 atom stereocenters. The minimum atomic E-state index is -0.232. The third kappa shape index (κ3) is 4.57. The SMILES string of the molecule is CC(NC(=O)c1cc2nc(Nc3cc(-c4ccccc4)[nH]n3)nc(N3CCOCC3)c2o1)C1CC1. The zero-order valence-corrected chi connectivity index (χ0v) is 19.5. The van der Waals surface area contributed by atoms with Crippen molar-refractivity contribution in [2.24, 2.45) is 5.92 Å². The first-order valence-electron chi connectivity index (χ1n) is 12.0. The lowest BCUT2D eigenvalue weighted by Crippen LogP contribution is -2.37. The number of H-pyrrole nitrogens is 1. The van der Waals surface area contributed by atoms with Crippen LogP contribution in [0.25, 0.3) is 22.4 Å². The van der Waals surface area contributed by atoms with E-state index in [4.69, 9.17) is 14.1 Å². The summed E-state index contributed by atoms with van der Waals surface area (Å²) in [5.74, 6) is 2.16. The summed E-state index contributed by atoms with van der Waals surface area (Å²) in [5, 5.41) is 13.6. The highest BCUT2D eigenvalue weighted by molar-refractivity contribution is 5.97. The number of carbonyl (C=O) groups is 1. The number of nitrogens with zero attached hydrogens (tertiary/aromatic N) is 4. The number of fused-ring (bicyclic) bond motifs is 1. The van der Waals surface area contributed by atoms with E-state index < -0.39 is 0 Å². The van der Waals surface area contributed by atoms with Gasteiger partial charge in [-0.05, 0) is 31.2 Å². The van der Waals surface area contributed by atoms with Gasteiger partial charge in [0.25, 0.3) is 5.91 Å². The minimum Gasteiger partial charge on any atom is -0.445 e. The number of amides is 1. The molecule has 10 nitrogen and oxygen atoms in total. The highest BCUT2D eigenvalue weighted by Crippen LogP contribution is 2.33. The number of nitrogens with one attached hydrogen (secondary N) is 3. The van der Waals surface area contributed by atoms with Crippen molar-refractivity contribution in [3.63, 3.8) is 0 Å². The molecular weight excluding hydrogens is 446 g/mol. The second kappa shape index (κ2) is 9.03. The molecule has 0 bridgehead atoms. The van der Waals surface area contributed by atoms with Crippen molar-refractivity contribution in [1.29, 1.82) is 0 Å². The van der Waals surface area contributed by atoms with E-state index in [0.717, 1.165) is 24.1 Å². The van der Waals surface area contributed by atoms with E-state index in [-0.39, 0.29) is 17.7 Å². The summed E-state index contributed by atoms with van der Waals surface area (Å²) in [5.41, 5.74) is 2.97. The van der Waals surface area contributed by atoms with Gasteiger partial charge in [0, 0.05) is 31.3 Å². The topological polar surface area (TPSA) is 121 Å². The van der Waals surface area contributed by atoms with Crippen LogP contribution >= 0.6 is 0 Å². The van der Waals surface area contributed by atoms with Crippen LogP contribution in [0.3, 0.4) is 0 Å². The van der Waals surface area contributed by atoms with Crippen LogP contribution in [-0.4, -0.2) is 58.4 Å². The van der Waals surface area contributed by atoms with Crippen molar-refractivity contribution in [1.82, 2.24) is 25.5 Å². The fourth-order valence-electron chi connectivity index (χ4n) is 4.33. The average Bonchev–Trinajstić information content (AvgIpc) is 3.49. The van der Waals surface area contributed by atoms with Crippen molar-refractivity contribution < 1.29 is 13.9 Å². The number of hydrogen-bond donors (Lipinski definition) is 3. The lowest BCUT2D eigenvalue weighted by Gasteiger charge is -2.27. The van der Waals surface area contributed by atoms with Gasteiger partial charge in [0.1, 0.15) is 5.52 Å². The Morgan fingerprint density at radius 3 is 2.71 bits per heavy atom. The van der Waals surface area contributed by atoms with Crippen LogP contribution in [0.1, 0.15) is 30.3 Å². The molecule has 1 saturated carbocycles. The third-order valence-electron chi connectivity index (χ3n) is 6.48. The van der Waals surface area contributed by atoms with Crippen LogP contribution in [0.5, 0.6) is 0 Å². The number of benzene rings is 1. The summed E-state index contributed by atoms with van der Waals surface area (Å²) >= 11 is 0. The van der Waals surface area contributed by atoms with E-state index >= 15 is 0 Å². The van der Waals surface area contributed by atoms with Gasteiger partial charge >= 0.3 is 0 Å². The Morgan fingerprint density at radius 2 is 1.94 bits per heavy atom. The van der Waals surface area contributed by atoms with Gasteiger partial charge in [-0.2, -0.15) is 10.1 Å². The number of rotatable bonds is 7. The van der Waals surface area contributed by atoms with Crippen LogP contribution in [0.2, 0.25) is 0 Å². The number of furan rings is 1. The zero-order valence-electron chi connectivity index (χ0n) is 19.5. The molecule has 0 spiro atoms. The molecule has 4 aromatic rings. The molecule has 1 saturated heterocycles. The molecule has 1 aliphatic carbocycles. The van der Waals surface area contributed by atoms with Gasteiger partial charge in [-0.25, -0.2) is 4.98 Å². The molecule has 1 unspecified atom stereocenters. The van der Waals surface area contributed by atoms with Gasteiger partial charge < -0.3 is 24.7 Å². The Morgan fingerprint density at radius 1 is 1.14 bits per heavy atom. The van der Waals surface area contributed by atoms with Crippen molar-refractivity contribution >= 4 is 34.6 Å². The molecule has 2 fully saturated rings. The number of morpholine rings is 1. The summed E-state index contributed by atoms with van der Waals surface area (Å²) in [4.78, 5) is 24.3.